The summed E-state index contributed by atoms with van der Waals surface area (Å²) >= 11 is 11.7. The van der Waals surface area contributed by atoms with E-state index in [2.05, 4.69) is 24.1 Å². The third-order valence-corrected chi connectivity index (χ3v) is 3.37. The molecule has 0 aliphatic heterocycles. The van der Waals surface area contributed by atoms with Gasteiger partial charge < -0.3 is 10.4 Å². The van der Waals surface area contributed by atoms with Crippen molar-refractivity contribution in [3.05, 3.63) is 22.3 Å². The van der Waals surface area contributed by atoms with Crippen molar-refractivity contribution in [1.29, 1.82) is 0 Å². The highest BCUT2D eigenvalue weighted by Crippen LogP contribution is 2.23. The quantitative estimate of drug-likeness (QED) is 0.835. The van der Waals surface area contributed by atoms with Crippen LogP contribution < -0.4 is 5.32 Å². The lowest BCUT2D eigenvalue weighted by Crippen LogP contribution is -2.28. The van der Waals surface area contributed by atoms with Gasteiger partial charge in [0.1, 0.15) is 5.82 Å². The summed E-state index contributed by atoms with van der Waals surface area (Å²) in [5.74, 6) is 0.856. The molecule has 1 rings (SSSR count). The molecule has 0 bridgehead atoms. The molecule has 0 aliphatic carbocycles. The number of nitrogens with one attached hydrogen (secondary N) is 1. The lowest BCUT2D eigenvalue weighted by Gasteiger charge is -2.20. The van der Waals surface area contributed by atoms with Crippen molar-refractivity contribution in [2.24, 2.45) is 5.92 Å². The zero-order valence-corrected chi connectivity index (χ0v) is 11.6. The van der Waals surface area contributed by atoms with Gasteiger partial charge in [-0.25, -0.2) is 4.98 Å². The second kappa shape index (κ2) is 7.04. The minimum Gasteiger partial charge on any atom is -0.391 e. The molecule has 1 aromatic heterocycles. The van der Waals surface area contributed by atoms with Gasteiger partial charge in [-0.15, -0.1) is 0 Å². The average molecular weight is 277 g/mol. The molecule has 96 valence electrons. The van der Waals surface area contributed by atoms with Crippen LogP contribution in [0.1, 0.15) is 26.7 Å². The number of hydrogen-bond donors (Lipinski definition) is 2. The van der Waals surface area contributed by atoms with Gasteiger partial charge in [0.25, 0.3) is 0 Å². The summed E-state index contributed by atoms with van der Waals surface area (Å²) in [6, 6.07) is 1.63. The Labute approximate surface area is 112 Å². The van der Waals surface area contributed by atoms with E-state index in [1.54, 1.807) is 6.07 Å². The lowest BCUT2D eigenvalue weighted by molar-refractivity contribution is 0.114. The minimum absolute atomic E-state index is 0.300. The predicted octanol–water partition coefficient (Wildman–Crippen LogP) is 3.60. The topological polar surface area (TPSA) is 45.1 Å². The SMILES string of the molecule is CCC(CC)C(O)CNc1ncc(Cl)cc1Cl. The Balaban J connectivity index is 2.55. The van der Waals surface area contributed by atoms with Crippen molar-refractivity contribution < 1.29 is 5.11 Å². The average Bonchev–Trinajstić information content (AvgIpc) is 2.29. The smallest absolute Gasteiger partial charge is 0.144 e. The van der Waals surface area contributed by atoms with Gasteiger partial charge in [0, 0.05) is 12.7 Å². The molecule has 2 N–H and O–H groups in total. The van der Waals surface area contributed by atoms with Gasteiger partial charge in [0.2, 0.25) is 0 Å². The van der Waals surface area contributed by atoms with Crippen LogP contribution in [0.15, 0.2) is 12.3 Å². The Kier molecular flexibility index (Phi) is 6.03. The Bertz CT molecular complexity index is 356. The molecule has 1 heterocycles. The van der Waals surface area contributed by atoms with Crippen LogP contribution in [0.5, 0.6) is 0 Å². The first-order valence-corrected chi connectivity index (χ1v) is 6.57. The Hall–Kier alpha value is -0.510. The molecule has 0 amide bonds. The number of aliphatic hydroxyl groups is 1. The van der Waals surface area contributed by atoms with Crippen molar-refractivity contribution in [3.8, 4) is 0 Å². The van der Waals surface area contributed by atoms with Crippen molar-refractivity contribution in [3.63, 3.8) is 0 Å². The number of nitrogens with zero attached hydrogens (tertiary/aromatic N) is 1. The van der Waals surface area contributed by atoms with Crippen LogP contribution in [0.4, 0.5) is 5.82 Å². The molecule has 0 aromatic carbocycles. The highest BCUT2D eigenvalue weighted by molar-refractivity contribution is 6.35. The van der Waals surface area contributed by atoms with E-state index in [0.29, 0.717) is 28.3 Å². The van der Waals surface area contributed by atoms with E-state index in [9.17, 15) is 5.11 Å². The molecular weight excluding hydrogens is 259 g/mol. The maximum absolute atomic E-state index is 9.96. The molecule has 0 saturated heterocycles. The van der Waals surface area contributed by atoms with Crippen molar-refractivity contribution in [2.45, 2.75) is 32.8 Å². The zero-order chi connectivity index (χ0) is 12.8. The van der Waals surface area contributed by atoms with E-state index >= 15 is 0 Å². The molecule has 5 heteroatoms. The first kappa shape index (κ1) is 14.6. The fraction of sp³-hybridized carbons (Fsp3) is 0.583. The van der Waals surface area contributed by atoms with Crippen LogP contribution in [-0.4, -0.2) is 22.7 Å². The summed E-state index contributed by atoms with van der Waals surface area (Å²) in [6.07, 6.45) is 3.06. The zero-order valence-electron chi connectivity index (χ0n) is 10.1. The van der Waals surface area contributed by atoms with Gasteiger partial charge in [0.15, 0.2) is 0 Å². The van der Waals surface area contributed by atoms with Gasteiger partial charge in [-0.1, -0.05) is 49.9 Å². The van der Waals surface area contributed by atoms with Crippen LogP contribution in [0.3, 0.4) is 0 Å². The van der Waals surface area contributed by atoms with Crippen LogP contribution in [-0.2, 0) is 0 Å². The van der Waals surface area contributed by atoms with E-state index < -0.39 is 6.10 Å². The summed E-state index contributed by atoms with van der Waals surface area (Å²) in [5.41, 5.74) is 0. The molecule has 0 spiro atoms. The normalized spacial score (nSPS) is 12.8. The molecule has 0 fully saturated rings. The standard InChI is InChI=1S/C12H18Cl2N2O/c1-3-8(4-2)11(17)7-16-12-10(14)5-9(13)6-15-12/h5-6,8,11,17H,3-4,7H2,1-2H3,(H,15,16). The summed E-state index contributed by atoms with van der Waals surface area (Å²) in [7, 11) is 0. The third-order valence-electron chi connectivity index (χ3n) is 2.88. The fourth-order valence-electron chi connectivity index (χ4n) is 1.75. The third kappa shape index (κ3) is 4.34. The minimum atomic E-state index is -0.390. The Morgan fingerprint density at radius 1 is 1.35 bits per heavy atom. The van der Waals surface area contributed by atoms with Crippen LogP contribution in [0, 0.1) is 5.92 Å². The fourth-order valence-corrected chi connectivity index (χ4v) is 2.19. The number of halogens is 2. The predicted molar refractivity (Wildman–Crippen MR) is 72.8 cm³/mol. The Morgan fingerprint density at radius 3 is 2.53 bits per heavy atom. The number of hydrogen-bond acceptors (Lipinski definition) is 3. The molecule has 17 heavy (non-hydrogen) atoms. The first-order valence-electron chi connectivity index (χ1n) is 5.81. The van der Waals surface area contributed by atoms with Crippen LogP contribution >= 0.6 is 23.2 Å². The summed E-state index contributed by atoms with van der Waals surface area (Å²) in [4.78, 5) is 4.07. The van der Waals surface area contributed by atoms with Gasteiger partial charge in [-0.2, -0.15) is 0 Å². The van der Waals surface area contributed by atoms with Gasteiger partial charge >= 0.3 is 0 Å². The van der Waals surface area contributed by atoms with Crippen molar-refractivity contribution >= 4 is 29.0 Å². The van der Waals surface area contributed by atoms with Gasteiger partial charge in [0.05, 0.1) is 16.1 Å². The molecule has 0 saturated carbocycles. The van der Waals surface area contributed by atoms with E-state index in [1.165, 1.54) is 6.20 Å². The Morgan fingerprint density at radius 2 is 2.00 bits per heavy atom. The first-order chi connectivity index (χ1) is 8.08. The van der Waals surface area contributed by atoms with Crippen LogP contribution in [0.25, 0.3) is 0 Å². The number of pyridine rings is 1. The lowest BCUT2D eigenvalue weighted by atomic mass is 9.97. The molecule has 0 aliphatic rings. The number of rotatable bonds is 6. The van der Waals surface area contributed by atoms with E-state index in [0.717, 1.165) is 12.8 Å². The second-order valence-electron chi connectivity index (χ2n) is 4.01. The maximum atomic E-state index is 9.96. The molecule has 1 unspecified atom stereocenters. The van der Waals surface area contributed by atoms with E-state index in [-0.39, 0.29) is 0 Å². The summed E-state index contributed by atoms with van der Waals surface area (Å²) in [6.45, 7) is 4.59. The summed E-state index contributed by atoms with van der Waals surface area (Å²) < 4.78 is 0. The number of anilines is 1. The largest absolute Gasteiger partial charge is 0.391 e. The van der Waals surface area contributed by atoms with Crippen LogP contribution in [0.2, 0.25) is 10.0 Å². The van der Waals surface area contributed by atoms with Gasteiger partial charge in [-0.05, 0) is 12.0 Å². The highest BCUT2D eigenvalue weighted by atomic mass is 35.5. The molecule has 1 aromatic rings. The summed E-state index contributed by atoms with van der Waals surface area (Å²) in [5, 5.41) is 14.0. The van der Waals surface area contributed by atoms with E-state index in [1.807, 2.05) is 0 Å². The number of aromatic nitrogens is 1. The monoisotopic (exact) mass is 276 g/mol. The van der Waals surface area contributed by atoms with Crippen molar-refractivity contribution in [1.82, 2.24) is 4.98 Å². The maximum Gasteiger partial charge on any atom is 0.144 e. The molecule has 0 radical (unpaired) electrons. The second-order valence-corrected chi connectivity index (χ2v) is 4.85. The highest BCUT2D eigenvalue weighted by Gasteiger charge is 2.15. The molecular formula is C12H18Cl2N2O. The number of aliphatic hydroxyl groups excluding tert-OH is 1. The molecule has 1 atom stereocenters. The van der Waals surface area contributed by atoms with Crippen molar-refractivity contribution in [2.75, 3.05) is 11.9 Å². The van der Waals surface area contributed by atoms with Gasteiger partial charge in [-0.3, -0.25) is 0 Å². The van der Waals surface area contributed by atoms with E-state index in [4.69, 9.17) is 23.2 Å². The molecule has 3 nitrogen and oxygen atoms in total.